The molecule has 2 aromatic rings. The first kappa shape index (κ1) is 14.6. The summed E-state index contributed by atoms with van der Waals surface area (Å²) < 4.78 is 0. The molecule has 2 rings (SSSR count). The number of carbonyl (C=O) groups excluding carboxylic acids is 1. The van der Waals surface area contributed by atoms with Gasteiger partial charge in [-0.25, -0.2) is 0 Å². The lowest BCUT2D eigenvalue weighted by Gasteiger charge is -2.07. The number of nitrogens with one attached hydrogen (secondary N) is 1. The normalized spacial score (nSPS) is 10.3. The van der Waals surface area contributed by atoms with E-state index in [0.29, 0.717) is 34.4 Å². The molecule has 1 amide bonds. The van der Waals surface area contributed by atoms with E-state index in [0.717, 1.165) is 5.56 Å². The fourth-order valence-electron chi connectivity index (χ4n) is 1.70. The number of pyridine rings is 1. The number of nitrogen functional groups attached to an aromatic ring is 1. The molecule has 0 aliphatic carbocycles. The molecule has 0 atom stereocenters. The van der Waals surface area contributed by atoms with Crippen molar-refractivity contribution in [2.45, 2.75) is 6.42 Å². The van der Waals surface area contributed by atoms with Crippen LogP contribution in [0.2, 0.25) is 10.0 Å². The summed E-state index contributed by atoms with van der Waals surface area (Å²) in [6.07, 6.45) is 2.12. The van der Waals surface area contributed by atoms with E-state index in [1.807, 2.05) is 6.07 Å². The first-order chi connectivity index (χ1) is 9.56. The van der Waals surface area contributed by atoms with Gasteiger partial charge in [0.25, 0.3) is 5.91 Å². The second-order valence-electron chi connectivity index (χ2n) is 4.22. The highest BCUT2D eigenvalue weighted by Gasteiger charge is 2.07. The second-order valence-corrected chi connectivity index (χ2v) is 5.06. The van der Waals surface area contributed by atoms with Gasteiger partial charge in [0.2, 0.25) is 0 Å². The van der Waals surface area contributed by atoms with Crippen molar-refractivity contribution in [1.82, 2.24) is 10.3 Å². The van der Waals surface area contributed by atoms with Crippen LogP contribution in [0.4, 0.5) is 5.69 Å². The van der Waals surface area contributed by atoms with Crippen LogP contribution in [0.5, 0.6) is 0 Å². The maximum atomic E-state index is 11.8. The summed E-state index contributed by atoms with van der Waals surface area (Å²) in [6.45, 7) is 0.455. The van der Waals surface area contributed by atoms with Gasteiger partial charge in [-0.3, -0.25) is 9.78 Å². The van der Waals surface area contributed by atoms with Crippen LogP contribution in [0, 0.1) is 0 Å². The van der Waals surface area contributed by atoms with E-state index in [9.17, 15) is 4.79 Å². The third-order valence-electron chi connectivity index (χ3n) is 2.71. The highest BCUT2D eigenvalue weighted by Crippen LogP contribution is 2.21. The van der Waals surface area contributed by atoms with Crippen LogP contribution in [0.25, 0.3) is 0 Å². The molecule has 1 aromatic carbocycles. The van der Waals surface area contributed by atoms with Gasteiger partial charge in [0, 0.05) is 28.5 Å². The number of carbonyl (C=O) groups is 1. The third-order valence-corrected chi connectivity index (χ3v) is 3.30. The number of benzene rings is 1. The molecule has 6 heteroatoms. The van der Waals surface area contributed by atoms with Gasteiger partial charge in [0.1, 0.15) is 5.69 Å². The molecule has 20 heavy (non-hydrogen) atoms. The second kappa shape index (κ2) is 6.59. The highest BCUT2D eigenvalue weighted by molar-refractivity contribution is 6.35. The van der Waals surface area contributed by atoms with Gasteiger partial charge in [0.05, 0.1) is 0 Å². The van der Waals surface area contributed by atoms with Crippen molar-refractivity contribution in [2.75, 3.05) is 12.3 Å². The van der Waals surface area contributed by atoms with E-state index < -0.39 is 0 Å². The molecule has 0 fully saturated rings. The van der Waals surface area contributed by atoms with E-state index >= 15 is 0 Å². The highest BCUT2D eigenvalue weighted by atomic mass is 35.5. The summed E-state index contributed by atoms with van der Waals surface area (Å²) in [5.41, 5.74) is 7.33. The number of hydrogen-bond donors (Lipinski definition) is 2. The molecule has 3 N–H and O–H groups in total. The van der Waals surface area contributed by atoms with E-state index in [-0.39, 0.29) is 5.91 Å². The molecule has 1 heterocycles. The summed E-state index contributed by atoms with van der Waals surface area (Å²) in [6, 6.07) is 8.45. The Balaban J connectivity index is 1.91. The van der Waals surface area contributed by atoms with Gasteiger partial charge in [-0.15, -0.1) is 0 Å². The Morgan fingerprint density at radius 3 is 2.75 bits per heavy atom. The molecule has 0 spiro atoms. The Hall–Kier alpha value is -1.78. The van der Waals surface area contributed by atoms with E-state index in [1.54, 1.807) is 18.2 Å². The molecular formula is C14H13Cl2N3O. The van der Waals surface area contributed by atoms with Crippen molar-refractivity contribution in [2.24, 2.45) is 0 Å². The van der Waals surface area contributed by atoms with Crippen molar-refractivity contribution in [3.8, 4) is 0 Å². The van der Waals surface area contributed by atoms with E-state index in [4.69, 9.17) is 28.9 Å². The van der Waals surface area contributed by atoms with Crippen molar-refractivity contribution >= 4 is 34.8 Å². The maximum absolute atomic E-state index is 11.8. The zero-order chi connectivity index (χ0) is 14.5. The minimum atomic E-state index is -0.262. The van der Waals surface area contributed by atoms with Gasteiger partial charge in [-0.05, 0) is 36.2 Å². The lowest BCUT2D eigenvalue weighted by molar-refractivity contribution is 0.0949. The van der Waals surface area contributed by atoms with Gasteiger partial charge >= 0.3 is 0 Å². The van der Waals surface area contributed by atoms with Crippen molar-refractivity contribution in [3.05, 3.63) is 57.8 Å². The molecule has 0 radical (unpaired) electrons. The zero-order valence-electron chi connectivity index (χ0n) is 10.6. The minimum absolute atomic E-state index is 0.262. The lowest BCUT2D eigenvalue weighted by atomic mass is 10.1. The molecule has 4 nitrogen and oxygen atoms in total. The summed E-state index contributed by atoms with van der Waals surface area (Å²) in [7, 11) is 0. The number of amides is 1. The fourth-order valence-corrected chi connectivity index (χ4v) is 2.20. The fraction of sp³-hybridized carbons (Fsp3) is 0.143. The Labute approximate surface area is 126 Å². The van der Waals surface area contributed by atoms with Gasteiger partial charge < -0.3 is 11.1 Å². The standard InChI is InChI=1S/C14H13Cl2N3O/c15-10-2-1-9(12(16)7-10)3-5-19-14(20)13-8-11(17)4-6-18-13/h1-2,4,6-8H,3,5H2,(H2,17,18)(H,19,20). The number of aromatic nitrogens is 1. The number of nitrogens with two attached hydrogens (primary N) is 1. The number of nitrogens with zero attached hydrogens (tertiary/aromatic N) is 1. The summed E-state index contributed by atoms with van der Waals surface area (Å²) in [5.74, 6) is -0.262. The molecule has 0 saturated carbocycles. The molecule has 104 valence electrons. The van der Waals surface area contributed by atoms with Crippen LogP contribution in [-0.4, -0.2) is 17.4 Å². The SMILES string of the molecule is Nc1ccnc(C(=O)NCCc2ccc(Cl)cc2Cl)c1. The Morgan fingerprint density at radius 2 is 2.05 bits per heavy atom. The molecule has 0 bridgehead atoms. The smallest absolute Gasteiger partial charge is 0.269 e. The third kappa shape index (κ3) is 3.85. The topological polar surface area (TPSA) is 68.0 Å². The van der Waals surface area contributed by atoms with Gasteiger partial charge in [0.15, 0.2) is 0 Å². The number of rotatable bonds is 4. The zero-order valence-corrected chi connectivity index (χ0v) is 12.1. The average molecular weight is 310 g/mol. The van der Waals surface area contributed by atoms with Crippen molar-refractivity contribution < 1.29 is 4.79 Å². The lowest BCUT2D eigenvalue weighted by Crippen LogP contribution is -2.26. The number of halogens is 2. The molecular weight excluding hydrogens is 297 g/mol. The van der Waals surface area contributed by atoms with Crippen LogP contribution in [0.3, 0.4) is 0 Å². The molecule has 0 unspecified atom stereocenters. The van der Waals surface area contributed by atoms with Crippen molar-refractivity contribution in [3.63, 3.8) is 0 Å². The van der Waals surface area contributed by atoms with E-state index in [2.05, 4.69) is 10.3 Å². The first-order valence-electron chi connectivity index (χ1n) is 6.00. The van der Waals surface area contributed by atoms with Crippen LogP contribution in [0.1, 0.15) is 16.1 Å². The van der Waals surface area contributed by atoms with Crippen LogP contribution in [0.15, 0.2) is 36.5 Å². The molecule has 0 aliphatic rings. The number of hydrogen-bond acceptors (Lipinski definition) is 3. The van der Waals surface area contributed by atoms with Crippen LogP contribution >= 0.6 is 23.2 Å². The predicted molar refractivity (Wildman–Crippen MR) is 81.1 cm³/mol. The summed E-state index contributed by atoms with van der Waals surface area (Å²) >= 11 is 11.9. The van der Waals surface area contributed by atoms with Gasteiger partial charge in [-0.1, -0.05) is 29.3 Å². The Bertz CT molecular complexity index is 632. The summed E-state index contributed by atoms with van der Waals surface area (Å²) in [4.78, 5) is 15.8. The Kier molecular flexibility index (Phi) is 4.82. The summed E-state index contributed by atoms with van der Waals surface area (Å²) in [5, 5.41) is 3.95. The largest absolute Gasteiger partial charge is 0.399 e. The maximum Gasteiger partial charge on any atom is 0.269 e. The number of anilines is 1. The molecule has 0 saturated heterocycles. The van der Waals surface area contributed by atoms with Crippen molar-refractivity contribution in [1.29, 1.82) is 0 Å². The molecule has 1 aromatic heterocycles. The van der Waals surface area contributed by atoms with Crippen LogP contribution < -0.4 is 11.1 Å². The van der Waals surface area contributed by atoms with E-state index in [1.165, 1.54) is 12.3 Å². The minimum Gasteiger partial charge on any atom is -0.399 e. The Morgan fingerprint density at radius 1 is 1.25 bits per heavy atom. The quantitative estimate of drug-likeness (QED) is 0.912. The monoisotopic (exact) mass is 309 g/mol. The van der Waals surface area contributed by atoms with Crippen LogP contribution in [-0.2, 0) is 6.42 Å². The molecule has 0 aliphatic heterocycles. The van der Waals surface area contributed by atoms with Gasteiger partial charge in [-0.2, -0.15) is 0 Å². The first-order valence-corrected chi connectivity index (χ1v) is 6.75. The average Bonchev–Trinajstić information content (AvgIpc) is 2.41. The predicted octanol–water partition coefficient (Wildman–Crippen LogP) is 2.94.